The van der Waals surface area contributed by atoms with E-state index in [1.54, 1.807) is 0 Å². The van der Waals surface area contributed by atoms with E-state index in [4.69, 9.17) is 15.0 Å². The molecule has 0 bridgehead atoms. The minimum absolute atomic E-state index is 0. The minimum atomic E-state index is -2.33. The Morgan fingerprint density at radius 1 is 1.40 bits per heavy atom. The summed E-state index contributed by atoms with van der Waals surface area (Å²) in [4.78, 5) is 8.33. The molecule has 0 fully saturated rings. The van der Waals surface area contributed by atoms with Crippen LogP contribution in [0.15, 0.2) is 0 Å². The molecule has 0 aromatic carbocycles. The minimum Gasteiger partial charge on any atom is -0.652 e. The fourth-order valence-electron chi connectivity index (χ4n) is 0. The molecule has 0 unspecified atom stereocenters. The first-order valence-corrected chi connectivity index (χ1v) is 0.612. The molecule has 0 amide bonds. The van der Waals surface area contributed by atoms with Crippen molar-refractivity contribution in [1.29, 1.82) is 0 Å². The molecular weight excluding hydrogens is 210 g/mol. The van der Waals surface area contributed by atoms with Crippen LogP contribution in [0.25, 0.3) is 0 Å². The van der Waals surface area contributed by atoms with E-state index in [-0.39, 0.29) is 40.4 Å². The van der Waals surface area contributed by atoms with Crippen molar-refractivity contribution in [1.82, 2.24) is 0 Å². The molecule has 0 heterocycles. The number of carbonyl (C=O) groups is 1. The molecule has 0 N–H and O–H groups in total. The van der Waals surface area contributed by atoms with E-state index < -0.39 is 6.16 Å². The van der Waals surface area contributed by atoms with Crippen molar-refractivity contribution in [2.24, 2.45) is 0 Å². The third-order valence-corrected chi connectivity index (χ3v) is 0. The maximum Gasteiger partial charge on any atom is 0 e. The van der Waals surface area contributed by atoms with E-state index in [9.17, 15) is 0 Å². The predicted octanol–water partition coefficient (Wildman–Crippen LogP) is -2.45. The molecule has 30 valence electrons. The van der Waals surface area contributed by atoms with E-state index in [2.05, 4.69) is 0 Å². The second-order valence-electron chi connectivity index (χ2n) is 0.250. The fraction of sp³-hybridized carbons (Fsp3) is 0. The summed E-state index contributed by atoms with van der Waals surface area (Å²) in [5.74, 6) is 0. The van der Waals surface area contributed by atoms with E-state index in [1.807, 2.05) is 0 Å². The fourth-order valence-corrected chi connectivity index (χ4v) is 0. The molecule has 0 aliphatic heterocycles. The third kappa shape index (κ3) is 84.9. The van der Waals surface area contributed by atoms with Crippen LogP contribution in [0.2, 0.25) is 0 Å². The van der Waals surface area contributed by atoms with Gasteiger partial charge in [0.15, 0.2) is 0 Å². The van der Waals surface area contributed by atoms with Crippen molar-refractivity contribution in [3.05, 3.63) is 0 Å². The maximum atomic E-state index is 8.33. The first-order chi connectivity index (χ1) is 1.73. The number of hydrogen-bond acceptors (Lipinski definition) is 3. The van der Waals surface area contributed by atoms with Crippen molar-refractivity contribution in [3.63, 3.8) is 0 Å². The quantitative estimate of drug-likeness (QED) is 0.446. The largest absolute Gasteiger partial charge is 0.652 e. The number of rotatable bonds is 0. The van der Waals surface area contributed by atoms with Gasteiger partial charge in [0.05, 0.1) is 0 Å². The van der Waals surface area contributed by atoms with Crippen LogP contribution in [0.3, 0.4) is 0 Å². The van der Waals surface area contributed by atoms with E-state index in [1.165, 1.54) is 0 Å². The molecule has 0 rings (SSSR count). The van der Waals surface area contributed by atoms with E-state index >= 15 is 0 Å². The molecule has 0 saturated heterocycles. The average Bonchev–Trinajstić information content (AvgIpc) is 0.811. The van der Waals surface area contributed by atoms with Gasteiger partial charge in [0, 0.05) is 40.4 Å². The summed E-state index contributed by atoms with van der Waals surface area (Å²) < 4.78 is 0. The van der Waals surface area contributed by atoms with Crippen molar-refractivity contribution < 1.29 is 55.4 Å². The van der Waals surface area contributed by atoms with Crippen LogP contribution in [0.4, 0.5) is 4.79 Å². The van der Waals surface area contributed by atoms with E-state index in [0.29, 0.717) is 0 Å². The summed E-state index contributed by atoms with van der Waals surface area (Å²) in [5.41, 5.74) is 0. The Morgan fingerprint density at radius 2 is 1.40 bits per heavy atom. The first-order valence-electron chi connectivity index (χ1n) is 0.612. The molecule has 5 heavy (non-hydrogen) atoms. The van der Waals surface area contributed by atoms with Gasteiger partial charge in [-0.2, -0.15) is 0 Å². The molecule has 0 saturated carbocycles. The van der Waals surface area contributed by atoms with Crippen LogP contribution in [0.1, 0.15) is 0 Å². The Bertz CT molecular complexity index is 29.9. The smallest absolute Gasteiger partial charge is 0 e. The molecule has 4 heteroatoms. The molecule has 0 aromatic heterocycles. The van der Waals surface area contributed by atoms with Gasteiger partial charge in [-0.25, -0.2) is 0 Å². The van der Waals surface area contributed by atoms with Crippen molar-refractivity contribution in [3.8, 4) is 0 Å². The Balaban J connectivity index is 0. The van der Waals surface area contributed by atoms with Gasteiger partial charge in [0.25, 0.3) is 0 Å². The molecule has 0 aliphatic rings. The van der Waals surface area contributed by atoms with E-state index in [0.717, 1.165) is 0 Å². The van der Waals surface area contributed by atoms with Gasteiger partial charge >= 0.3 is 0 Å². The standard InChI is InChI=1S/CH2O3.Sm/c2-1(3)4;/h(H2,2,3,4);/p-2. The summed E-state index contributed by atoms with van der Waals surface area (Å²) in [6.07, 6.45) is -2.33. The topological polar surface area (TPSA) is 63.2 Å². The Labute approximate surface area is 61.1 Å². The molecule has 0 radical (unpaired) electrons. The predicted molar refractivity (Wildman–Crippen MR) is 5.40 cm³/mol. The van der Waals surface area contributed by atoms with Crippen molar-refractivity contribution in [2.75, 3.05) is 0 Å². The van der Waals surface area contributed by atoms with Gasteiger partial charge in [-0.3, -0.25) is 0 Å². The summed E-state index contributed by atoms with van der Waals surface area (Å²) >= 11 is 0. The zero-order chi connectivity index (χ0) is 3.58. The molecule has 0 aliphatic carbocycles. The third-order valence-electron chi connectivity index (χ3n) is 0. The normalized spacial score (nSPS) is 4.80. The Kier molecular flexibility index (Phi) is 8.43. The Morgan fingerprint density at radius 3 is 1.40 bits per heavy atom. The van der Waals surface area contributed by atoms with Crippen LogP contribution in [0.5, 0.6) is 0 Å². The first kappa shape index (κ1) is 9.15. The molecule has 0 spiro atoms. The van der Waals surface area contributed by atoms with Gasteiger partial charge in [0.1, 0.15) is 0 Å². The van der Waals surface area contributed by atoms with Gasteiger partial charge in [-0.1, -0.05) is 0 Å². The maximum absolute atomic E-state index is 8.33. The van der Waals surface area contributed by atoms with Crippen LogP contribution in [-0.4, -0.2) is 6.16 Å². The van der Waals surface area contributed by atoms with Gasteiger partial charge in [0.2, 0.25) is 0 Å². The van der Waals surface area contributed by atoms with Crippen molar-refractivity contribution in [2.45, 2.75) is 0 Å². The number of hydrogen-bond donors (Lipinski definition) is 0. The van der Waals surface area contributed by atoms with Crippen LogP contribution in [-0.2, 0) is 0 Å². The van der Waals surface area contributed by atoms with Gasteiger partial charge in [-0.15, -0.1) is 0 Å². The SMILES string of the molecule is O=C([O-])[O-].[Sm]. The second kappa shape index (κ2) is 4.61. The molecular formula is CO3Sm-2. The van der Waals surface area contributed by atoms with Crippen LogP contribution >= 0.6 is 0 Å². The summed E-state index contributed by atoms with van der Waals surface area (Å²) in [5, 5.41) is 16.7. The molecule has 0 atom stereocenters. The monoisotopic (exact) mass is 212 g/mol. The van der Waals surface area contributed by atoms with Crippen LogP contribution in [0, 0.1) is 40.4 Å². The van der Waals surface area contributed by atoms with Crippen LogP contribution < -0.4 is 10.2 Å². The van der Waals surface area contributed by atoms with Gasteiger partial charge < -0.3 is 15.0 Å². The summed E-state index contributed by atoms with van der Waals surface area (Å²) in [6, 6.07) is 0. The second-order valence-corrected chi connectivity index (χ2v) is 0.250. The number of carbonyl (C=O) groups excluding carboxylic acids is 1. The van der Waals surface area contributed by atoms with Gasteiger partial charge in [-0.05, 0) is 6.16 Å². The van der Waals surface area contributed by atoms with Crippen molar-refractivity contribution >= 4 is 6.16 Å². The molecule has 3 nitrogen and oxygen atoms in total. The number of carboxylic acid groups (broad SMARTS) is 2. The zero-order valence-corrected chi connectivity index (χ0v) is 4.75. The zero-order valence-electron chi connectivity index (χ0n) is 2.13. The Hall–Kier alpha value is 0.608. The summed E-state index contributed by atoms with van der Waals surface area (Å²) in [7, 11) is 0. The summed E-state index contributed by atoms with van der Waals surface area (Å²) in [6.45, 7) is 0. The average molecular weight is 210 g/mol. The molecule has 0 aromatic rings.